The molecule has 0 bridgehead atoms. The van der Waals surface area contributed by atoms with Crippen LogP contribution in [0.2, 0.25) is 5.02 Å². The van der Waals surface area contributed by atoms with E-state index in [1.807, 2.05) is 18.2 Å². The van der Waals surface area contributed by atoms with Crippen LogP contribution in [-0.2, 0) is 0 Å². The Morgan fingerprint density at radius 1 is 1.20 bits per heavy atom. The molecule has 0 amide bonds. The number of aromatic amines is 1. The second-order valence-corrected chi connectivity index (χ2v) is 5.69. The van der Waals surface area contributed by atoms with E-state index in [4.69, 9.17) is 11.6 Å². The van der Waals surface area contributed by atoms with Gasteiger partial charge in [0.15, 0.2) is 0 Å². The molecule has 0 aliphatic heterocycles. The number of H-pyrrole nitrogens is 1. The lowest BCUT2D eigenvalue weighted by Crippen LogP contribution is -1.80. The second kappa shape index (κ2) is 4.57. The van der Waals surface area contributed by atoms with Crippen molar-refractivity contribution >= 4 is 59.4 Å². The van der Waals surface area contributed by atoms with Gasteiger partial charge in [-0.05, 0) is 50.1 Å². The summed E-state index contributed by atoms with van der Waals surface area (Å²) in [7, 11) is 0. The van der Waals surface area contributed by atoms with E-state index in [1.165, 1.54) is 0 Å². The molecule has 78 valence electrons. The van der Waals surface area contributed by atoms with E-state index in [2.05, 4.69) is 58.0 Å². The van der Waals surface area contributed by atoms with Gasteiger partial charge in [0, 0.05) is 15.1 Å². The molecule has 0 fully saturated rings. The summed E-state index contributed by atoms with van der Waals surface area (Å²) in [4.78, 5) is 0. The van der Waals surface area contributed by atoms with Crippen molar-refractivity contribution in [2.24, 2.45) is 0 Å². The van der Waals surface area contributed by atoms with Gasteiger partial charge in [-0.3, -0.25) is 5.10 Å². The van der Waals surface area contributed by atoms with Crippen LogP contribution in [0.4, 0.5) is 0 Å². The van der Waals surface area contributed by atoms with Crippen molar-refractivity contribution in [3.63, 3.8) is 0 Å². The van der Waals surface area contributed by atoms with Gasteiger partial charge in [0.05, 0.1) is 5.56 Å². The molecule has 2 aromatic rings. The molecule has 15 heavy (non-hydrogen) atoms. The Morgan fingerprint density at radius 2 is 1.93 bits per heavy atom. The summed E-state index contributed by atoms with van der Waals surface area (Å²) >= 11 is 16.3. The first-order valence-electron chi connectivity index (χ1n) is 3.94. The predicted molar refractivity (Wildman–Crippen MR) is 72.1 cm³/mol. The van der Waals surface area contributed by atoms with Gasteiger partial charge in [0.1, 0.15) is 9.21 Å². The topological polar surface area (TPSA) is 28.7 Å². The number of rotatable bonds is 1. The summed E-state index contributed by atoms with van der Waals surface area (Å²) in [5.41, 5.74) is 1.83. The van der Waals surface area contributed by atoms with Crippen LogP contribution >= 0.6 is 59.4 Å². The first kappa shape index (κ1) is 11.6. The largest absolute Gasteiger partial charge is 0.270 e. The van der Waals surface area contributed by atoms with Gasteiger partial charge >= 0.3 is 0 Å². The molecule has 0 atom stereocenters. The van der Waals surface area contributed by atoms with Crippen molar-refractivity contribution in [3.05, 3.63) is 36.9 Å². The highest BCUT2D eigenvalue weighted by Crippen LogP contribution is 2.38. The van der Waals surface area contributed by atoms with E-state index in [0.29, 0.717) is 5.02 Å². The third-order valence-corrected chi connectivity index (χ3v) is 3.85. The molecule has 1 N–H and O–H groups in total. The summed E-state index contributed by atoms with van der Waals surface area (Å²) in [6.45, 7) is 0. The monoisotopic (exact) mass is 412 g/mol. The number of hydrogen-bond donors (Lipinski definition) is 1. The summed E-state index contributed by atoms with van der Waals surface area (Å²) in [6.07, 6.45) is 0. The van der Waals surface area contributed by atoms with Crippen LogP contribution in [0.15, 0.2) is 31.9 Å². The predicted octanol–water partition coefficient (Wildman–Crippen LogP) is 5.02. The van der Waals surface area contributed by atoms with E-state index in [1.54, 1.807) is 0 Å². The fraction of sp³-hybridized carbons (Fsp3) is 0. The Hall–Kier alpha value is 0.160. The number of aromatic nitrogens is 2. The third kappa shape index (κ3) is 2.30. The van der Waals surface area contributed by atoms with Gasteiger partial charge in [-0.1, -0.05) is 27.5 Å². The van der Waals surface area contributed by atoms with Crippen LogP contribution in [0.5, 0.6) is 0 Å². The van der Waals surface area contributed by atoms with E-state index in [9.17, 15) is 0 Å². The average molecular weight is 415 g/mol. The number of benzene rings is 1. The minimum atomic E-state index is 0.681. The zero-order valence-corrected chi connectivity index (χ0v) is 12.7. The molecule has 6 heteroatoms. The Morgan fingerprint density at radius 3 is 2.53 bits per heavy atom. The number of nitrogens with one attached hydrogen (secondary N) is 1. The molecule has 1 heterocycles. The lowest BCUT2D eigenvalue weighted by molar-refractivity contribution is 1.05. The first-order chi connectivity index (χ1) is 7.09. The summed E-state index contributed by atoms with van der Waals surface area (Å²) < 4.78 is 2.51. The van der Waals surface area contributed by atoms with Crippen molar-refractivity contribution in [1.82, 2.24) is 10.2 Å². The van der Waals surface area contributed by atoms with Gasteiger partial charge in [-0.2, -0.15) is 5.10 Å². The minimum Gasteiger partial charge on any atom is -0.270 e. The smallest absolute Gasteiger partial charge is 0.136 e. The average Bonchev–Trinajstić information content (AvgIpc) is 2.51. The quantitative estimate of drug-likeness (QED) is 0.697. The molecular formula is C9H4Br3ClN2. The normalized spacial score (nSPS) is 10.7. The van der Waals surface area contributed by atoms with E-state index in [-0.39, 0.29) is 0 Å². The van der Waals surface area contributed by atoms with Crippen LogP contribution in [0.3, 0.4) is 0 Å². The van der Waals surface area contributed by atoms with E-state index < -0.39 is 0 Å². The molecule has 0 radical (unpaired) electrons. The van der Waals surface area contributed by atoms with Gasteiger partial charge in [-0.15, -0.1) is 0 Å². The van der Waals surface area contributed by atoms with Crippen LogP contribution in [0.25, 0.3) is 11.1 Å². The van der Waals surface area contributed by atoms with Crippen molar-refractivity contribution in [3.8, 4) is 11.1 Å². The number of hydrogen-bond acceptors (Lipinski definition) is 1. The van der Waals surface area contributed by atoms with Gasteiger partial charge in [0.25, 0.3) is 0 Å². The van der Waals surface area contributed by atoms with E-state index >= 15 is 0 Å². The maximum Gasteiger partial charge on any atom is 0.136 e. The van der Waals surface area contributed by atoms with E-state index in [0.717, 1.165) is 24.8 Å². The Kier molecular flexibility index (Phi) is 3.55. The van der Waals surface area contributed by atoms with Crippen LogP contribution in [-0.4, -0.2) is 10.2 Å². The molecule has 0 aliphatic rings. The highest BCUT2D eigenvalue weighted by molar-refractivity contribution is 9.11. The Balaban J connectivity index is 2.68. The van der Waals surface area contributed by atoms with Crippen molar-refractivity contribution in [2.75, 3.05) is 0 Å². The highest BCUT2D eigenvalue weighted by Gasteiger charge is 2.14. The lowest BCUT2D eigenvalue weighted by atomic mass is 10.1. The van der Waals surface area contributed by atoms with Crippen LogP contribution in [0.1, 0.15) is 0 Å². The summed E-state index contributed by atoms with van der Waals surface area (Å²) in [5.74, 6) is 0. The summed E-state index contributed by atoms with van der Waals surface area (Å²) in [5, 5.41) is 7.54. The van der Waals surface area contributed by atoms with Crippen molar-refractivity contribution < 1.29 is 0 Å². The van der Waals surface area contributed by atoms with Crippen LogP contribution in [0, 0.1) is 0 Å². The highest BCUT2D eigenvalue weighted by atomic mass is 79.9. The maximum atomic E-state index is 6.13. The summed E-state index contributed by atoms with van der Waals surface area (Å²) in [6, 6.07) is 5.68. The van der Waals surface area contributed by atoms with Crippen molar-refractivity contribution in [2.45, 2.75) is 0 Å². The molecule has 0 unspecified atom stereocenters. The molecule has 1 aromatic carbocycles. The Labute approximate surface area is 117 Å². The maximum absolute atomic E-state index is 6.13. The SMILES string of the molecule is Clc1ccc(Br)cc1-c1c(Br)n[nH]c1Br. The first-order valence-corrected chi connectivity index (χ1v) is 6.70. The fourth-order valence-corrected chi connectivity index (χ4v) is 3.05. The second-order valence-electron chi connectivity index (χ2n) is 2.83. The number of halogens is 4. The van der Waals surface area contributed by atoms with Gasteiger partial charge in [0.2, 0.25) is 0 Å². The zero-order valence-electron chi connectivity index (χ0n) is 7.19. The molecule has 2 rings (SSSR count). The zero-order chi connectivity index (χ0) is 11.0. The Bertz CT molecular complexity index is 491. The van der Waals surface area contributed by atoms with Gasteiger partial charge < -0.3 is 0 Å². The molecule has 0 aliphatic carbocycles. The fourth-order valence-electron chi connectivity index (χ4n) is 1.22. The minimum absolute atomic E-state index is 0.681. The van der Waals surface area contributed by atoms with Crippen molar-refractivity contribution in [1.29, 1.82) is 0 Å². The molecule has 2 nitrogen and oxygen atoms in total. The van der Waals surface area contributed by atoms with Gasteiger partial charge in [-0.25, -0.2) is 0 Å². The molecular weight excluding hydrogens is 411 g/mol. The van der Waals surface area contributed by atoms with Crippen LogP contribution < -0.4 is 0 Å². The third-order valence-electron chi connectivity index (χ3n) is 1.88. The number of nitrogens with zero attached hydrogens (tertiary/aromatic N) is 1. The lowest BCUT2D eigenvalue weighted by Gasteiger charge is -2.03. The molecule has 0 saturated carbocycles. The standard InChI is InChI=1S/C9H4Br3ClN2/c10-4-1-2-6(13)5(3-4)7-8(11)14-15-9(7)12/h1-3H,(H,14,15). The molecule has 0 saturated heterocycles. The molecule has 0 spiro atoms. The molecule has 1 aromatic heterocycles.